The lowest BCUT2D eigenvalue weighted by Gasteiger charge is -2.12. The second-order valence-corrected chi connectivity index (χ2v) is 4.90. The Kier molecular flexibility index (Phi) is 2.86. The summed E-state index contributed by atoms with van der Waals surface area (Å²) in [5, 5.41) is 0. The SMILES string of the molecule is COc1ccc(-n2c(N)nc3cccc(C)c32)c(C)c1. The molecule has 0 fully saturated rings. The second-order valence-electron chi connectivity index (χ2n) is 4.90. The molecule has 0 aliphatic rings. The Morgan fingerprint density at radius 2 is 1.90 bits per heavy atom. The average molecular weight is 267 g/mol. The van der Waals surface area contributed by atoms with Gasteiger partial charge in [0, 0.05) is 0 Å². The zero-order chi connectivity index (χ0) is 14.3. The molecule has 3 aromatic rings. The Bertz CT molecular complexity index is 790. The molecule has 0 bridgehead atoms. The van der Waals surface area contributed by atoms with Crippen molar-refractivity contribution in [3.8, 4) is 11.4 Å². The minimum atomic E-state index is 0.502. The number of anilines is 1. The third-order valence-electron chi connectivity index (χ3n) is 3.55. The van der Waals surface area contributed by atoms with Gasteiger partial charge < -0.3 is 10.5 Å². The summed E-state index contributed by atoms with van der Waals surface area (Å²) in [5.74, 6) is 1.34. The molecule has 0 saturated carbocycles. The Labute approximate surface area is 117 Å². The summed E-state index contributed by atoms with van der Waals surface area (Å²) in [7, 11) is 1.67. The summed E-state index contributed by atoms with van der Waals surface area (Å²) in [6.07, 6.45) is 0. The van der Waals surface area contributed by atoms with Crippen LogP contribution in [0.2, 0.25) is 0 Å². The molecule has 102 valence electrons. The van der Waals surface area contributed by atoms with Crippen LogP contribution >= 0.6 is 0 Å². The standard InChI is InChI=1S/C16H17N3O/c1-10-5-4-6-13-15(10)19(16(17)18-13)14-8-7-12(20-3)9-11(14)2/h4-9H,1-3H3,(H2,17,18). The zero-order valence-electron chi connectivity index (χ0n) is 11.8. The summed E-state index contributed by atoms with van der Waals surface area (Å²) in [6.45, 7) is 4.11. The molecule has 0 aliphatic heterocycles. The number of aromatic nitrogens is 2. The van der Waals surface area contributed by atoms with Crippen LogP contribution in [0.15, 0.2) is 36.4 Å². The maximum absolute atomic E-state index is 6.11. The minimum Gasteiger partial charge on any atom is -0.497 e. The van der Waals surface area contributed by atoms with Crippen LogP contribution in [-0.2, 0) is 0 Å². The first kappa shape index (κ1) is 12.5. The van der Waals surface area contributed by atoms with E-state index < -0.39 is 0 Å². The molecular weight excluding hydrogens is 250 g/mol. The molecule has 0 radical (unpaired) electrons. The van der Waals surface area contributed by atoms with E-state index in [0.29, 0.717) is 5.95 Å². The molecule has 0 amide bonds. The van der Waals surface area contributed by atoms with Crippen LogP contribution < -0.4 is 10.5 Å². The van der Waals surface area contributed by atoms with E-state index in [2.05, 4.69) is 18.0 Å². The first-order valence-corrected chi connectivity index (χ1v) is 6.50. The van der Waals surface area contributed by atoms with E-state index in [1.807, 2.05) is 41.8 Å². The van der Waals surface area contributed by atoms with Crippen molar-refractivity contribution in [1.82, 2.24) is 9.55 Å². The quantitative estimate of drug-likeness (QED) is 0.775. The fraction of sp³-hybridized carbons (Fsp3) is 0.188. The molecular formula is C16H17N3O. The highest BCUT2D eigenvalue weighted by atomic mass is 16.5. The number of nitrogen functional groups attached to an aromatic ring is 1. The molecule has 4 nitrogen and oxygen atoms in total. The Hall–Kier alpha value is -2.49. The highest BCUT2D eigenvalue weighted by Gasteiger charge is 2.13. The molecule has 0 atom stereocenters. The molecule has 1 heterocycles. The first-order valence-electron chi connectivity index (χ1n) is 6.50. The van der Waals surface area contributed by atoms with Crippen LogP contribution in [0.3, 0.4) is 0 Å². The highest BCUT2D eigenvalue weighted by Crippen LogP contribution is 2.29. The fourth-order valence-corrected chi connectivity index (χ4v) is 2.56. The third kappa shape index (κ3) is 1.81. The lowest BCUT2D eigenvalue weighted by atomic mass is 10.1. The normalized spacial score (nSPS) is 10.9. The molecule has 0 spiro atoms. The number of imidazole rings is 1. The molecule has 0 saturated heterocycles. The van der Waals surface area contributed by atoms with Crippen molar-refractivity contribution < 1.29 is 4.74 Å². The van der Waals surface area contributed by atoms with Gasteiger partial charge in [0.1, 0.15) is 5.75 Å². The van der Waals surface area contributed by atoms with Gasteiger partial charge in [0.05, 0.1) is 23.8 Å². The molecule has 20 heavy (non-hydrogen) atoms. The van der Waals surface area contributed by atoms with Gasteiger partial charge in [0.2, 0.25) is 5.95 Å². The van der Waals surface area contributed by atoms with Crippen molar-refractivity contribution in [2.75, 3.05) is 12.8 Å². The van der Waals surface area contributed by atoms with Gasteiger partial charge in [-0.25, -0.2) is 4.98 Å². The molecule has 2 N–H and O–H groups in total. The predicted octanol–water partition coefficient (Wildman–Crippen LogP) is 3.23. The van der Waals surface area contributed by atoms with Crippen molar-refractivity contribution in [3.63, 3.8) is 0 Å². The highest BCUT2D eigenvalue weighted by molar-refractivity contribution is 5.84. The van der Waals surface area contributed by atoms with E-state index in [4.69, 9.17) is 10.5 Å². The fourth-order valence-electron chi connectivity index (χ4n) is 2.56. The summed E-state index contributed by atoms with van der Waals surface area (Å²) in [5.41, 5.74) is 11.4. The molecule has 4 heteroatoms. The average Bonchev–Trinajstić information content (AvgIpc) is 2.76. The van der Waals surface area contributed by atoms with E-state index in [-0.39, 0.29) is 0 Å². The predicted molar refractivity (Wildman–Crippen MR) is 81.5 cm³/mol. The van der Waals surface area contributed by atoms with Gasteiger partial charge in [-0.15, -0.1) is 0 Å². The van der Waals surface area contributed by atoms with Gasteiger partial charge in [-0.1, -0.05) is 12.1 Å². The van der Waals surface area contributed by atoms with Crippen LogP contribution in [0.5, 0.6) is 5.75 Å². The summed E-state index contributed by atoms with van der Waals surface area (Å²) in [6, 6.07) is 12.0. The van der Waals surface area contributed by atoms with Crippen LogP contribution in [0.25, 0.3) is 16.7 Å². The van der Waals surface area contributed by atoms with Crippen molar-refractivity contribution in [1.29, 1.82) is 0 Å². The Morgan fingerprint density at radius 3 is 2.60 bits per heavy atom. The van der Waals surface area contributed by atoms with Gasteiger partial charge in [-0.05, 0) is 49.2 Å². The number of fused-ring (bicyclic) bond motifs is 1. The summed E-state index contributed by atoms with van der Waals surface area (Å²) < 4.78 is 7.25. The molecule has 3 rings (SSSR count). The topological polar surface area (TPSA) is 53.1 Å². The number of nitrogens with two attached hydrogens (primary N) is 1. The van der Waals surface area contributed by atoms with Crippen LogP contribution in [0, 0.1) is 13.8 Å². The lowest BCUT2D eigenvalue weighted by Crippen LogP contribution is -2.03. The monoisotopic (exact) mass is 267 g/mol. The van der Waals surface area contributed by atoms with Gasteiger partial charge >= 0.3 is 0 Å². The zero-order valence-corrected chi connectivity index (χ0v) is 11.8. The number of methoxy groups -OCH3 is 1. The molecule has 0 unspecified atom stereocenters. The number of nitrogens with zero attached hydrogens (tertiary/aromatic N) is 2. The first-order chi connectivity index (χ1) is 9.61. The number of hydrogen-bond donors (Lipinski definition) is 1. The van der Waals surface area contributed by atoms with E-state index in [1.54, 1.807) is 7.11 Å². The summed E-state index contributed by atoms with van der Waals surface area (Å²) >= 11 is 0. The van der Waals surface area contributed by atoms with Crippen molar-refractivity contribution in [2.24, 2.45) is 0 Å². The minimum absolute atomic E-state index is 0.502. The van der Waals surface area contributed by atoms with E-state index in [0.717, 1.165) is 33.6 Å². The Morgan fingerprint density at radius 1 is 1.10 bits per heavy atom. The van der Waals surface area contributed by atoms with Crippen LogP contribution in [0.1, 0.15) is 11.1 Å². The van der Waals surface area contributed by atoms with Crippen LogP contribution in [-0.4, -0.2) is 16.7 Å². The largest absolute Gasteiger partial charge is 0.497 e. The lowest BCUT2D eigenvalue weighted by molar-refractivity contribution is 0.414. The van der Waals surface area contributed by atoms with Gasteiger partial charge in [0.15, 0.2) is 0 Å². The van der Waals surface area contributed by atoms with Gasteiger partial charge in [-0.3, -0.25) is 4.57 Å². The number of rotatable bonds is 2. The molecule has 1 aromatic heterocycles. The van der Waals surface area contributed by atoms with Gasteiger partial charge in [-0.2, -0.15) is 0 Å². The van der Waals surface area contributed by atoms with E-state index >= 15 is 0 Å². The Balaban J connectivity index is 2.32. The van der Waals surface area contributed by atoms with E-state index in [1.165, 1.54) is 0 Å². The van der Waals surface area contributed by atoms with Crippen LogP contribution in [0.4, 0.5) is 5.95 Å². The van der Waals surface area contributed by atoms with E-state index in [9.17, 15) is 0 Å². The number of benzene rings is 2. The third-order valence-corrected chi connectivity index (χ3v) is 3.55. The van der Waals surface area contributed by atoms with Crippen molar-refractivity contribution in [2.45, 2.75) is 13.8 Å². The maximum Gasteiger partial charge on any atom is 0.205 e. The smallest absolute Gasteiger partial charge is 0.205 e. The summed E-state index contributed by atoms with van der Waals surface area (Å²) in [4.78, 5) is 4.44. The molecule has 2 aromatic carbocycles. The number of ether oxygens (including phenoxy) is 1. The number of hydrogen-bond acceptors (Lipinski definition) is 3. The molecule has 0 aliphatic carbocycles. The second kappa shape index (κ2) is 4.56. The number of para-hydroxylation sites is 1. The van der Waals surface area contributed by atoms with Gasteiger partial charge in [0.25, 0.3) is 0 Å². The number of aryl methyl sites for hydroxylation is 2. The van der Waals surface area contributed by atoms with Crippen molar-refractivity contribution >= 4 is 17.0 Å². The van der Waals surface area contributed by atoms with Crippen molar-refractivity contribution in [3.05, 3.63) is 47.5 Å². The maximum atomic E-state index is 6.11.